The number of benzene rings is 1. The van der Waals surface area contributed by atoms with Crippen LogP contribution in [0.5, 0.6) is 5.75 Å². The Labute approximate surface area is 112 Å². The highest BCUT2D eigenvalue weighted by molar-refractivity contribution is 6.30. The first-order chi connectivity index (χ1) is 8.45. The average Bonchev–Trinajstić information content (AvgIpc) is 2.35. The summed E-state index contributed by atoms with van der Waals surface area (Å²) in [5.74, 6) is 0.372. The zero-order valence-corrected chi connectivity index (χ0v) is 11.6. The maximum Gasteiger partial charge on any atom is 0.260 e. The van der Waals surface area contributed by atoms with Crippen LogP contribution in [0.2, 0.25) is 5.02 Å². The number of likely N-dealkylation sites (N-methyl/N-ethyl adjacent to an activating group) is 1. The zero-order chi connectivity index (χ0) is 13.7. The van der Waals surface area contributed by atoms with Crippen LogP contribution in [-0.4, -0.2) is 35.6 Å². The van der Waals surface area contributed by atoms with Crippen molar-refractivity contribution in [1.82, 2.24) is 4.90 Å². The summed E-state index contributed by atoms with van der Waals surface area (Å²) in [7, 11) is 1.73. The maximum absolute atomic E-state index is 11.7. The molecule has 0 bridgehead atoms. The van der Waals surface area contributed by atoms with Crippen molar-refractivity contribution in [2.24, 2.45) is 0 Å². The number of amides is 1. The molecule has 1 N–H and O–H groups in total. The van der Waals surface area contributed by atoms with Crippen molar-refractivity contribution in [2.75, 3.05) is 13.7 Å². The number of rotatable bonds is 5. The highest BCUT2D eigenvalue weighted by atomic mass is 35.5. The van der Waals surface area contributed by atoms with E-state index in [0.29, 0.717) is 16.3 Å². The van der Waals surface area contributed by atoms with E-state index < -0.39 is 0 Å². The minimum atomic E-state index is -0.176. The lowest BCUT2D eigenvalue weighted by Gasteiger charge is -2.21. The Kier molecular flexibility index (Phi) is 5.44. The van der Waals surface area contributed by atoms with Crippen LogP contribution in [0.4, 0.5) is 0 Å². The molecule has 18 heavy (non-hydrogen) atoms. The Morgan fingerprint density at radius 2 is 2.17 bits per heavy atom. The predicted octanol–water partition coefficient (Wildman–Crippen LogP) is 2.08. The minimum absolute atomic E-state index is 0.0523. The molecule has 0 saturated heterocycles. The Balaban J connectivity index is 2.66. The second-order valence-electron chi connectivity index (χ2n) is 4.30. The van der Waals surface area contributed by atoms with E-state index in [9.17, 15) is 9.90 Å². The summed E-state index contributed by atoms with van der Waals surface area (Å²) >= 11 is 5.81. The molecule has 0 saturated carbocycles. The quantitative estimate of drug-likeness (QED) is 0.892. The number of hydrogen-bond donors (Lipinski definition) is 1. The number of halogens is 1. The third-order valence-corrected chi connectivity index (χ3v) is 2.95. The fraction of sp³-hybridized carbons (Fsp3) is 0.462. The van der Waals surface area contributed by atoms with Crippen molar-refractivity contribution in [1.29, 1.82) is 0 Å². The molecule has 0 aliphatic rings. The van der Waals surface area contributed by atoms with Crippen LogP contribution in [0.25, 0.3) is 0 Å². The van der Waals surface area contributed by atoms with E-state index in [1.165, 1.54) is 0 Å². The first-order valence-corrected chi connectivity index (χ1v) is 6.11. The Bertz CT molecular complexity index is 421. The number of aliphatic hydroxyl groups is 1. The van der Waals surface area contributed by atoms with Gasteiger partial charge in [-0.05, 0) is 32.0 Å². The highest BCUT2D eigenvalue weighted by Gasteiger charge is 2.13. The van der Waals surface area contributed by atoms with Crippen LogP contribution < -0.4 is 4.74 Å². The standard InChI is InChI=1S/C13H18ClNO3/c1-9(2)15(3)13(17)8-18-12-5-4-11(14)6-10(12)7-16/h4-6,9,16H,7-8H2,1-3H3. The van der Waals surface area contributed by atoms with Gasteiger partial charge < -0.3 is 14.7 Å². The molecule has 0 spiro atoms. The average molecular weight is 272 g/mol. The number of nitrogens with zero attached hydrogens (tertiary/aromatic N) is 1. The van der Waals surface area contributed by atoms with Crippen LogP contribution in [0.15, 0.2) is 18.2 Å². The van der Waals surface area contributed by atoms with Gasteiger partial charge in [-0.2, -0.15) is 0 Å². The molecule has 0 aromatic heterocycles. The van der Waals surface area contributed by atoms with Gasteiger partial charge in [0, 0.05) is 23.7 Å². The van der Waals surface area contributed by atoms with E-state index in [1.807, 2.05) is 13.8 Å². The first-order valence-electron chi connectivity index (χ1n) is 5.73. The molecule has 0 aliphatic heterocycles. The molecule has 1 rings (SSSR count). The highest BCUT2D eigenvalue weighted by Crippen LogP contribution is 2.22. The number of ether oxygens (including phenoxy) is 1. The van der Waals surface area contributed by atoms with E-state index in [4.69, 9.17) is 16.3 Å². The maximum atomic E-state index is 11.7. The van der Waals surface area contributed by atoms with Gasteiger partial charge in [0.1, 0.15) is 5.75 Å². The third-order valence-electron chi connectivity index (χ3n) is 2.71. The van der Waals surface area contributed by atoms with Gasteiger partial charge in [-0.25, -0.2) is 0 Å². The number of carbonyl (C=O) groups excluding carboxylic acids is 1. The van der Waals surface area contributed by atoms with E-state index in [0.717, 1.165) is 0 Å². The molecular formula is C13H18ClNO3. The molecule has 1 aromatic carbocycles. The molecule has 0 radical (unpaired) electrons. The van der Waals surface area contributed by atoms with Crippen LogP contribution in [0.1, 0.15) is 19.4 Å². The molecular weight excluding hydrogens is 254 g/mol. The summed E-state index contributed by atoms with van der Waals surface area (Å²) < 4.78 is 5.41. The summed E-state index contributed by atoms with van der Waals surface area (Å²) in [5, 5.41) is 9.70. The number of aliphatic hydroxyl groups excluding tert-OH is 1. The summed E-state index contributed by atoms with van der Waals surface area (Å²) in [5.41, 5.74) is 0.572. The van der Waals surface area contributed by atoms with Crippen molar-refractivity contribution in [3.63, 3.8) is 0 Å². The molecule has 0 aliphatic carbocycles. The minimum Gasteiger partial charge on any atom is -0.483 e. The van der Waals surface area contributed by atoms with E-state index in [-0.39, 0.29) is 25.2 Å². The van der Waals surface area contributed by atoms with E-state index in [2.05, 4.69) is 0 Å². The fourth-order valence-corrected chi connectivity index (χ4v) is 1.54. The molecule has 0 heterocycles. The summed E-state index contributed by atoms with van der Waals surface area (Å²) in [6.45, 7) is 3.63. The summed E-state index contributed by atoms with van der Waals surface area (Å²) in [6, 6.07) is 5.06. The molecule has 0 atom stereocenters. The lowest BCUT2D eigenvalue weighted by Crippen LogP contribution is -2.36. The van der Waals surface area contributed by atoms with Gasteiger partial charge in [0.25, 0.3) is 5.91 Å². The molecule has 5 heteroatoms. The monoisotopic (exact) mass is 271 g/mol. The van der Waals surface area contributed by atoms with E-state index in [1.54, 1.807) is 30.1 Å². The molecule has 0 unspecified atom stereocenters. The molecule has 1 amide bonds. The van der Waals surface area contributed by atoms with Crippen molar-refractivity contribution in [3.8, 4) is 5.75 Å². The first kappa shape index (κ1) is 14.8. The van der Waals surface area contributed by atoms with Gasteiger partial charge in [0.2, 0.25) is 0 Å². The van der Waals surface area contributed by atoms with Crippen LogP contribution in [0, 0.1) is 0 Å². The largest absolute Gasteiger partial charge is 0.483 e. The van der Waals surface area contributed by atoms with E-state index >= 15 is 0 Å². The van der Waals surface area contributed by atoms with Crippen molar-refractivity contribution in [3.05, 3.63) is 28.8 Å². The smallest absolute Gasteiger partial charge is 0.260 e. The lowest BCUT2D eigenvalue weighted by atomic mass is 10.2. The number of carbonyl (C=O) groups is 1. The van der Waals surface area contributed by atoms with Crippen LogP contribution in [0.3, 0.4) is 0 Å². The molecule has 4 nitrogen and oxygen atoms in total. The van der Waals surface area contributed by atoms with Gasteiger partial charge in [-0.15, -0.1) is 0 Å². The molecule has 1 aromatic rings. The van der Waals surface area contributed by atoms with Crippen LogP contribution >= 0.6 is 11.6 Å². The van der Waals surface area contributed by atoms with Crippen LogP contribution in [-0.2, 0) is 11.4 Å². The second kappa shape index (κ2) is 6.61. The second-order valence-corrected chi connectivity index (χ2v) is 4.73. The predicted molar refractivity (Wildman–Crippen MR) is 70.8 cm³/mol. The van der Waals surface area contributed by atoms with Crippen molar-refractivity contribution < 1.29 is 14.6 Å². The Hall–Kier alpha value is -1.26. The Morgan fingerprint density at radius 3 is 2.72 bits per heavy atom. The SMILES string of the molecule is CC(C)N(C)C(=O)COc1ccc(Cl)cc1CO. The topological polar surface area (TPSA) is 49.8 Å². The number of hydrogen-bond acceptors (Lipinski definition) is 3. The summed E-state index contributed by atoms with van der Waals surface area (Å²) in [4.78, 5) is 13.3. The van der Waals surface area contributed by atoms with Crippen molar-refractivity contribution >= 4 is 17.5 Å². The van der Waals surface area contributed by atoms with Gasteiger partial charge in [-0.3, -0.25) is 4.79 Å². The van der Waals surface area contributed by atoms with Gasteiger partial charge in [-0.1, -0.05) is 11.6 Å². The molecule has 0 fully saturated rings. The lowest BCUT2D eigenvalue weighted by molar-refractivity contribution is -0.133. The fourth-order valence-electron chi connectivity index (χ4n) is 1.34. The van der Waals surface area contributed by atoms with Crippen molar-refractivity contribution in [2.45, 2.75) is 26.5 Å². The normalized spacial score (nSPS) is 10.6. The van der Waals surface area contributed by atoms with Gasteiger partial charge in [0.15, 0.2) is 6.61 Å². The Morgan fingerprint density at radius 1 is 1.50 bits per heavy atom. The zero-order valence-electron chi connectivity index (χ0n) is 10.8. The third kappa shape index (κ3) is 3.89. The van der Waals surface area contributed by atoms with Gasteiger partial charge >= 0.3 is 0 Å². The molecule has 100 valence electrons. The van der Waals surface area contributed by atoms with Gasteiger partial charge in [0.05, 0.1) is 6.61 Å². The summed E-state index contributed by atoms with van der Waals surface area (Å²) in [6.07, 6.45) is 0.